The number of unbranched alkanes of at least 4 members (excludes halogenated alkanes) is 9. The number of hydrogen-bond acceptors (Lipinski definition) is 3. The van der Waals surface area contributed by atoms with Crippen molar-refractivity contribution in [3.63, 3.8) is 0 Å². The molecule has 5 nitrogen and oxygen atoms in total. The number of carboxylic acid groups (broad SMARTS) is 1. The second-order valence-corrected chi connectivity index (χ2v) is 6.32. The van der Waals surface area contributed by atoms with E-state index in [4.69, 9.17) is 10.8 Å². The SMILES string of the molecule is CCCCCCCCCCCC(=O)NC(CCCCN)C(=O)O.[PbH2]. The maximum atomic E-state index is 11.8. The Kier molecular flexibility index (Phi) is 20.8. The molecule has 0 aromatic carbocycles. The molecule has 1 unspecified atom stereocenters. The monoisotopic (exact) mass is 538 g/mol. The van der Waals surface area contributed by atoms with Crippen LogP contribution in [0.15, 0.2) is 0 Å². The van der Waals surface area contributed by atoms with E-state index in [1.54, 1.807) is 0 Å². The molecule has 0 heterocycles. The molecule has 0 saturated heterocycles. The number of carbonyl (C=O) groups excluding carboxylic acids is 1. The Morgan fingerprint density at radius 1 is 0.917 bits per heavy atom. The van der Waals surface area contributed by atoms with Crippen molar-refractivity contribution in [2.75, 3.05) is 6.54 Å². The van der Waals surface area contributed by atoms with Gasteiger partial charge in [0.15, 0.2) is 0 Å². The summed E-state index contributed by atoms with van der Waals surface area (Å²) in [5, 5.41) is 11.7. The molecule has 1 amide bonds. The van der Waals surface area contributed by atoms with Crippen LogP contribution in [0.3, 0.4) is 0 Å². The summed E-state index contributed by atoms with van der Waals surface area (Å²) in [6.07, 6.45) is 13.2. The summed E-state index contributed by atoms with van der Waals surface area (Å²) in [6.45, 7) is 2.77. The molecular weight excluding hydrogens is 499 g/mol. The van der Waals surface area contributed by atoms with E-state index in [-0.39, 0.29) is 33.2 Å². The summed E-state index contributed by atoms with van der Waals surface area (Å²) in [6, 6.07) is -0.771. The Balaban J connectivity index is 0. The zero-order chi connectivity index (χ0) is 17.3. The van der Waals surface area contributed by atoms with Gasteiger partial charge in [-0.25, -0.2) is 4.79 Å². The average molecular weight is 538 g/mol. The first-order chi connectivity index (χ1) is 11.1. The van der Waals surface area contributed by atoms with Gasteiger partial charge in [-0.15, -0.1) is 0 Å². The third kappa shape index (κ3) is 16.7. The molecule has 0 aliphatic heterocycles. The summed E-state index contributed by atoms with van der Waals surface area (Å²) in [4.78, 5) is 22.9. The van der Waals surface area contributed by atoms with Crippen LogP contribution >= 0.6 is 0 Å². The topological polar surface area (TPSA) is 92.4 Å². The van der Waals surface area contributed by atoms with Gasteiger partial charge in [-0.3, -0.25) is 4.79 Å². The number of nitrogens with one attached hydrogen (secondary N) is 1. The molecule has 24 heavy (non-hydrogen) atoms. The minimum absolute atomic E-state index is 0. The predicted molar refractivity (Wildman–Crippen MR) is 103 cm³/mol. The standard InChI is InChI=1S/C18H36N2O3.Pb.2H/c1-2-3-4-5-6-7-8-9-10-14-17(21)20-16(18(22)23)13-11-12-15-19;;;/h16H,2-15,19H2,1H3,(H,20,21)(H,22,23);;;. The maximum absolute atomic E-state index is 11.8. The number of hydrogen-bond donors (Lipinski definition) is 3. The molecule has 0 rings (SSSR count). The summed E-state index contributed by atoms with van der Waals surface area (Å²) in [7, 11) is 0. The summed E-state index contributed by atoms with van der Waals surface area (Å²) in [5.74, 6) is -1.10. The van der Waals surface area contributed by atoms with E-state index < -0.39 is 12.0 Å². The number of rotatable bonds is 16. The molecule has 6 heteroatoms. The van der Waals surface area contributed by atoms with E-state index >= 15 is 0 Å². The van der Waals surface area contributed by atoms with Gasteiger partial charge in [0.2, 0.25) is 5.91 Å². The molecular formula is C18H38N2O3Pb. The minimum atomic E-state index is -0.956. The second kappa shape index (κ2) is 19.2. The van der Waals surface area contributed by atoms with Gasteiger partial charge in [-0.1, -0.05) is 58.3 Å². The molecule has 0 saturated carbocycles. The zero-order valence-electron chi connectivity index (χ0n) is 15.5. The van der Waals surface area contributed by atoms with Gasteiger partial charge in [0, 0.05) is 6.42 Å². The van der Waals surface area contributed by atoms with Crippen molar-refractivity contribution in [1.82, 2.24) is 5.32 Å². The van der Waals surface area contributed by atoms with E-state index in [1.807, 2.05) is 0 Å². The van der Waals surface area contributed by atoms with E-state index in [1.165, 1.54) is 38.5 Å². The first-order valence-electron chi connectivity index (χ1n) is 9.34. The summed E-state index contributed by atoms with van der Waals surface area (Å²) in [5.41, 5.74) is 5.40. The van der Waals surface area contributed by atoms with E-state index in [0.29, 0.717) is 19.4 Å². The fraction of sp³-hybridized carbons (Fsp3) is 0.889. The molecule has 4 N–H and O–H groups in total. The Morgan fingerprint density at radius 3 is 1.96 bits per heavy atom. The average Bonchev–Trinajstić information content (AvgIpc) is 2.52. The molecule has 0 aromatic heterocycles. The van der Waals surface area contributed by atoms with Crippen LogP contribution in [0.1, 0.15) is 90.4 Å². The number of amides is 1. The second-order valence-electron chi connectivity index (χ2n) is 6.32. The Morgan fingerprint density at radius 2 is 1.46 bits per heavy atom. The van der Waals surface area contributed by atoms with Crippen LogP contribution in [0.25, 0.3) is 0 Å². The van der Waals surface area contributed by atoms with Crippen molar-refractivity contribution in [1.29, 1.82) is 0 Å². The van der Waals surface area contributed by atoms with Gasteiger partial charge in [-0.2, -0.15) is 0 Å². The molecule has 0 aromatic rings. The molecule has 2 radical (unpaired) electrons. The van der Waals surface area contributed by atoms with Crippen molar-refractivity contribution in [2.24, 2.45) is 5.73 Å². The first-order valence-corrected chi connectivity index (χ1v) is 9.34. The zero-order valence-corrected chi connectivity index (χ0v) is 21.0. The van der Waals surface area contributed by atoms with Crippen LogP contribution in [0, 0.1) is 0 Å². The van der Waals surface area contributed by atoms with Gasteiger partial charge in [0.05, 0.1) is 0 Å². The molecule has 0 aliphatic rings. The molecule has 0 aliphatic carbocycles. The molecule has 0 spiro atoms. The van der Waals surface area contributed by atoms with Crippen LogP contribution < -0.4 is 11.1 Å². The van der Waals surface area contributed by atoms with E-state index in [9.17, 15) is 9.59 Å². The third-order valence-electron chi connectivity index (χ3n) is 4.09. The molecule has 0 fully saturated rings. The van der Waals surface area contributed by atoms with Crippen molar-refractivity contribution in [3.05, 3.63) is 0 Å². The van der Waals surface area contributed by atoms with Crippen LogP contribution in [-0.4, -0.2) is 56.9 Å². The summed E-state index contributed by atoms with van der Waals surface area (Å²) >= 11 is 0. The van der Waals surface area contributed by atoms with Crippen LogP contribution in [0.4, 0.5) is 0 Å². The first kappa shape index (κ1) is 26.1. The summed E-state index contributed by atoms with van der Waals surface area (Å²) < 4.78 is 0. The van der Waals surface area contributed by atoms with Crippen molar-refractivity contribution < 1.29 is 14.7 Å². The number of nitrogens with two attached hydrogens (primary N) is 1. The van der Waals surface area contributed by atoms with E-state index in [2.05, 4.69) is 12.2 Å². The Labute approximate surface area is 167 Å². The fourth-order valence-electron chi connectivity index (χ4n) is 2.61. The van der Waals surface area contributed by atoms with Crippen LogP contribution in [-0.2, 0) is 9.59 Å². The number of aliphatic carboxylic acids is 1. The van der Waals surface area contributed by atoms with Gasteiger partial charge < -0.3 is 16.2 Å². The van der Waals surface area contributed by atoms with Crippen molar-refractivity contribution in [3.8, 4) is 0 Å². The van der Waals surface area contributed by atoms with Gasteiger partial charge in [0.25, 0.3) is 0 Å². The fourth-order valence-corrected chi connectivity index (χ4v) is 2.61. The quantitative estimate of drug-likeness (QED) is 0.209. The van der Waals surface area contributed by atoms with Crippen molar-refractivity contribution in [2.45, 2.75) is 96.4 Å². The Hall–Kier alpha value is -0.178. The number of carboxylic acids is 1. The molecule has 1 atom stereocenters. The van der Waals surface area contributed by atoms with Crippen molar-refractivity contribution >= 4 is 39.2 Å². The van der Waals surface area contributed by atoms with Crippen LogP contribution in [0.5, 0.6) is 0 Å². The van der Waals surface area contributed by atoms with E-state index in [0.717, 1.165) is 32.1 Å². The van der Waals surface area contributed by atoms with Crippen LogP contribution in [0.2, 0.25) is 0 Å². The predicted octanol–water partition coefficient (Wildman–Crippen LogP) is 2.69. The normalized spacial score (nSPS) is 11.6. The Bertz CT molecular complexity index is 315. The molecule has 142 valence electrons. The van der Waals surface area contributed by atoms with Gasteiger partial charge in [-0.05, 0) is 32.2 Å². The number of carbonyl (C=O) groups is 2. The van der Waals surface area contributed by atoms with Gasteiger partial charge in [0.1, 0.15) is 6.04 Å². The third-order valence-corrected chi connectivity index (χ3v) is 4.09. The molecule has 0 bridgehead atoms. The van der Waals surface area contributed by atoms with Gasteiger partial charge >= 0.3 is 33.3 Å².